The minimum absolute atomic E-state index is 0.153. The molecule has 3 nitrogen and oxygen atoms in total. The van der Waals surface area contributed by atoms with Crippen LogP contribution in [0.15, 0.2) is 60.7 Å². The Bertz CT molecular complexity index is 750. The monoisotopic (exact) mass is 362 g/mol. The molecule has 0 aromatic heterocycles. The van der Waals surface area contributed by atoms with Crippen molar-refractivity contribution in [2.24, 2.45) is 5.92 Å². The zero-order valence-electron chi connectivity index (χ0n) is 16.2. The third-order valence-corrected chi connectivity index (χ3v) is 6.23. The average Bonchev–Trinajstić information content (AvgIpc) is 3.63. The zero-order valence-corrected chi connectivity index (χ0v) is 16.2. The molecule has 0 aliphatic heterocycles. The van der Waals surface area contributed by atoms with Crippen molar-refractivity contribution in [1.82, 2.24) is 10.2 Å². The van der Waals surface area contributed by atoms with E-state index in [-0.39, 0.29) is 17.4 Å². The van der Waals surface area contributed by atoms with Gasteiger partial charge >= 0.3 is 0 Å². The normalized spacial score (nSPS) is 18.9. The van der Waals surface area contributed by atoms with Crippen LogP contribution in [0.4, 0.5) is 0 Å². The number of hydrogen-bond acceptors (Lipinski definition) is 2. The van der Waals surface area contributed by atoms with Gasteiger partial charge < -0.3 is 5.32 Å². The SMILES string of the molecule is CC(c1ccccc1)N(CC(=O)NCC1(c2ccccc2)CC1)CC1CC1. The second kappa shape index (κ2) is 7.85. The van der Waals surface area contributed by atoms with E-state index in [9.17, 15) is 4.79 Å². The molecule has 2 saturated carbocycles. The van der Waals surface area contributed by atoms with Crippen molar-refractivity contribution in [3.63, 3.8) is 0 Å². The van der Waals surface area contributed by atoms with E-state index >= 15 is 0 Å². The molecule has 0 radical (unpaired) electrons. The van der Waals surface area contributed by atoms with Gasteiger partial charge in [-0.1, -0.05) is 60.7 Å². The van der Waals surface area contributed by atoms with E-state index in [1.165, 1.54) is 36.8 Å². The summed E-state index contributed by atoms with van der Waals surface area (Å²) in [5, 5.41) is 3.23. The second-order valence-corrected chi connectivity index (χ2v) is 8.38. The molecule has 2 fully saturated rings. The highest BCUT2D eigenvalue weighted by atomic mass is 16.2. The smallest absolute Gasteiger partial charge is 0.234 e. The van der Waals surface area contributed by atoms with Gasteiger partial charge in [-0.3, -0.25) is 9.69 Å². The Hall–Kier alpha value is -2.13. The summed E-state index contributed by atoms with van der Waals surface area (Å²) in [7, 11) is 0. The van der Waals surface area contributed by atoms with Gasteiger partial charge in [0, 0.05) is 24.5 Å². The number of carbonyl (C=O) groups excluding carboxylic acids is 1. The maximum Gasteiger partial charge on any atom is 0.234 e. The van der Waals surface area contributed by atoms with Crippen LogP contribution in [-0.4, -0.2) is 30.4 Å². The predicted molar refractivity (Wildman–Crippen MR) is 110 cm³/mol. The first-order chi connectivity index (χ1) is 13.2. The van der Waals surface area contributed by atoms with Gasteiger partial charge in [0.2, 0.25) is 5.91 Å². The van der Waals surface area contributed by atoms with E-state index in [4.69, 9.17) is 0 Å². The first-order valence-corrected chi connectivity index (χ1v) is 10.3. The van der Waals surface area contributed by atoms with Gasteiger partial charge in [0.1, 0.15) is 0 Å². The lowest BCUT2D eigenvalue weighted by molar-refractivity contribution is -0.123. The van der Waals surface area contributed by atoms with Crippen LogP contribution < -0.4 is 5.32 Å². The largest absolute Gasteiger partial charge is 0.354 e. The molecule has 1 unspecified atom stereocenters. The van der Waals surface area contributed by atoms with E-state index in [1.54, 1.807) is 0 Å². The minimum atomic E-state index is 0.153. The van der Waals surface area contributed by atoms with E-state index in [2.05, 4.69) is 71.7 Å². The number of rotatable bonds is 9. The van der Waals surface area contributed by atoms with Crippen molar-refractivity contribution in [2.75, 3.05) is 19.6 Å². The number of carbonyl (C=O) groups is 1. The highest BCUT2D eigenvalue weighted by Crippen LogP contribution is 2.47. The summed E-state index contributed by atoms with van der Waals surface area (Å²) in [5.74, 6) is 0.920. The van der Waals surface area contributed by atoms with Crippen molar-refractivity contribution in [3.05, 3.63) is 71.8 Å². The fourth-order valence-electron chi connectivity index (χ4n) is 3.95. The highest BCUT2D eigenvalue weighted by molar-refractivity contribution is 5.78. The number of nitrogens with zero attached hydrogens (tertiary/aromatic N) is 1. The molecule has 1 N–H and O–H groups in total. The molecule has 2 aliphatic rings. The first-order valence-electron chi connectivity index (χ1n) is 10.3. The van der Waals surface area contributed by atoms with Crippen molar-refractivity contribution < 1.29 is 4.79 Å². The summed E-state index contributed by atoms with van der Waals surface area (Å²) in [6.07, 6.45) is 4.94. The molecular weight excluding hydrogens is 332 g/mol. The molecule has 0 spiro atoms. The van der Waals surface area contributed by atoms with Crippen LogP contribution >= 0.6 is 0 Å². The van der Waals surface area contributed by atoms with Gasteiger partial charge in [0.25, 0.3) is 0 Å². The molecule has 3 heteroatoms. The van der Waals surface area contributed by atoms with Crippen LogP contribution in [0.5, 0.6) is 0 Å². The maximum absolute atomic E-state index is 12.7. The molecule has 1 amide bonds. The summed E-state index contributed by atoms with van der Waals surface area (Å²) in [4.78, 5) is 15.1. The summed E-state index contributed by atoms with van der Waals surface area (Å²) in [6, 6.07) is 21.4. The quantitative estimate of drug-likeness (QED) is 0.721. The van der Waals surface area contributed by atoms with Crippen molar-refractivity contribution in [1.29, 1.82) is 0 Å². The van der Waals surface area contributed by atoms with Gasteiger partial charge in [0.15, 0.2) is 0 Å². The summed E-state index contributed by atoms with van der Waals surface area (Å²) in [5.41, 5.74) is 2.82. The van der Waals surface area contributed by atoms with Gasteiger partial charge in [-0.25, -0.2) is 0 Å². The minimum Gasteiger partial charge on any atom is -0.354 e. The maximum atomic E-state index is 12.7. The topological polar surface area (TPSA) is 32.3 Å². The molecule has 2 aromatic rings. The average molecular weight is 363 g/mol. The molecule has 2 aromatic carbocycles. The number of hydrogen-bond donors (Lipinski definition) is 1. The Kier molecular flexibility index (Phi) is 5.31. The van der Waals surface area contributed by atoms with Crippen LogP contribution in [0.1, 0.15) is 49.8 Å². The first kappa shape index (κ1) is 18.2. The summed E-state index contributed by atoms with van der Waals surface area (Å²) in [6.45, 7) is 4.48. The molecule has 0 bridgehead atoms. The fourth-order valence-corrected chi connectivity index (χ4v) is 3.95. The molecule has 0 saturated heterocycles. The van der Waals surface area contributed by atoms with Crippen LogP contribution in [0.3, 0.4) is 0 Å². The fraction of sp³-hybridized carbons (Fsp3) is 0.458. The van der Waals surface area contributed by atoms with E-state index in [0.29, 0.717) is 6.54 Å². The molecule has 1 atom stereocenters. The molecule has 2 aliphatic carbocycles. The third-order valence-electron chi connectivity index (χ3n) is 6.23. The van der Waals surface area contributed by atoms with Crippen LogP contribution in [0, 0.1) is 5.92 Å². The van der Waals surface area contributed by atoms with Crippen molar-refractivity contribution >= 4 is 5.91 Å². The second-order valence-electron chi connectivity index (χ2n) is 8.38. The Morgan fingerprint density at radius 2 is 1.70 bits per heavy atom. The van der Waals surface area contributed by atoms with Gasteiger partial charge in [-0.05, 0) is 49.7 Å². The lowest BCUT2D eigenvalue weighted by Crippen LogP contribution is -2.42. The highest BCUT2D eigenvalue weighted by Gasteiger charge is 2.44. The molecule has 4 rings (SSSR count). The standard InChI is InChI=1S/C24H30N2O/c1-19(21-8-4-2-5-9-21)26(16-20-12-13-20)17-23(27)25-18-24(14-15-24)22-10-6-3-7-11-22/h2-11,19-20H,12-18H2,1H3,(H,25,27). The van der Waals surface area contributed by atoms with E-state index in [0.717, 1.165) is 19.0 Å². The number of benzene rings is 2. The van der Waals surface area contributed by atoms with Crippen molar-refractivity contribution in [2.45, 2.75) is 44.1 Å². The van der Waals surface area contributed by atoms with Gasteiger partial charge in [0.05, 0.1) is 6.54 Å². The third kappa shape index (κ3) is 4.59. The van der Waals surface area contributed by atoms with Crippen LogP contribution in [0.25, 0.3) is 0 Å². The Labute approximate surface area is 162 Å². The Morgan fingerprint density at radius 1 is 1.07 bits per heavy atom. The summed E-state index contributed by atoms with van der Waals surface area (Å²) < 4.78 is 0. The Balaban J connectivity index is 1.36. The Morgan fingerprint density at radius 3 is 2.30 bits per heavy atom. The van der Waals surface area contributed by atoms with Gasteiger partial charge in [-0.2, -0.15) is 0 Å². The zero-order chi connectivity index (χ0) is 18.7. The molecule has 0 heterocycles. The number of amides is 1. The predicted octanol–water partition coefficient (Wildman–Crippen LogP) is 4.31. The number of nitrogens with one attached hydrogen (secondary N) is 1. The molecule has 142 valence electrons. The molecule has 27 heavy (non-hydrogen) atoms. The van der Waals surface area contributed by atoms with E-state index < -0.39 is 0 Å². The lowest BCUT2D eigenvalue weighted by atomic mass is 9.96. The van der Waals surface area contributed by atoms with Gasteiger partial charge in [-0.15, -0.1) is 0 Å². The molecular formula is C24H30N2O. The van der Waals surface area contributed by atoms with Crippen LogP contribution in [-0.2, 0) is 10.2 Å². The van der Waals surface area contributed by atoms with Crippen molar-refractivity contribution in [3.8, 4) is 0 Å². The van der Waals surface area contributed by atoms with Crippen LogP contribution in [0.2, 0.25) is 0 Å². The summed E-state index contributed by atoms with van der Waals surface area (Å²) >= 11 is 0. The lowest BCUT2D eigenvalue weighted by Gasteiger charge is -2.29. The van der Waals surface area contributed by atoms with E-state index in [1.807, 2.05) is 6.07 Å².